The fourth-order valence-electron chi connectivity index (χ4n) is 2.42. The van der Waals surface area contributed by atoms with Crippen molar-refractivity contribution in [2.24, 2.45) is 0 Å². The summed E-state index contributed by atoms with van der Waals surface area (Å²) in [6.45, 7) is 0.211. The number of rotatable bonds is 4. The van der Waals surface area contributed by atoms with Crippen LogP contribution in [0.15, 0.2) is 24.4 Å². The van der Waals surface area contributed by atoms with E-state index < -0.39 is 10.1 Å². The highest BCUT2D eigenvalue weighted by Gasteiger charge is 2.38. The van der Waals surface area contributed by atoms with Crippen molar-refractivity contribution in [1.29, 1.82) is 0 Å². The third-order valence-electron chi connectivity index (χ3n) is 3.32. The van der Waals surface area contributed by atoms with Crippen LogP contribution in [0, 0.1) is 0 Å². The van der Waals surface area contributed by atoms with E-state index in [9.17, 15) is 8.42 Å². The molecule has 0 atom stereocenters. The van der Waals surface area contributed by atoms with Gasteiger partial charge in [-0.2, -0.15) is 8.42 Å². The first-order valence-electron chi connectivity index (χ1n) is 5.78. The van der Waals surface area contributed by atoms with Gasteiger partial charge in [-0.25, -0.2) is 0 Å². The summed E-state index contributed by atoms with van der Waals surface area (Å²) in [6.07, 6.45) is 6.93. The van der Waals surface area contributed by atoms with E-state index in [4.69, 9.17) is 4.18 Å². The Morgan fingerprint density at radius 2 is 2.06 bits per heavy atom. The van der Waals surface area contributed by atoms with E-state index in [0.29, 0.717) is 0 Å². The van der Waals surface area contributed by atoms with E-state index in [1.807, 2.05) is 18.2 Å². The zero-order valence-electron chi connectivity index (χ0n) is 9.93. The Bertz CT molecular complexity index is 464. The SMILES string of the molecule is CS(=O)(=O)OCC1(c2ccccn2)CCCC1. The molecule has 0 unspecified atom stereocenters. The van der Waals surface area contributed by atoms with Gasteiger partial charge in [0.15, 0.2) is 0 Å². The first-order chi connectivity index (χ1) is 8.02. The zero-order valence-corrected chi connectivity index (χ0v) is 10.7. The minimum absolute atomic E-state index is 0.211. The molecule has 5 heteroatoms. The molecule has 0 saturated heterocycles. The Balaban J connectivity index is 2.22. The molecule has 1 heterocycles. The number of aromatic nitrogens is 1. The largest absolute Gasteiger partial charge is 0.269 e. The molecule has 1 aromatic rings. The van der Waals surface area contributed by atoms with Gasteiger partial charge in [-0.1, -0.05) is 18.9 Å². The second-order valence-corrected chi connectivity index (χ2v) is 6.31. The van der Waals surface area contributed by atoms with Crippen LogP contribution in [0.1, 0.15) is 31.4 Å². The predicted octanol–water partition coefficient (Wildman–Crippen LogP) is 1.87. The molecule has 0 bridgehead atoms. The molecule has 1 aliphatic carbocycles. The van der Waals surface area contributed by atoms with Crippen LogP contribution in [0.2, 0.25) is 0 Å². The molecule has 0 N–H and O–H groups in total. The normalized spacial score (nSPS) is 19.4. The second kappa shape index (κ2) is 4.74. The van der Waals surface area contributed by atoms with E-state index in [1.54, 1.807) is 6.20 Å². The summed E-state index contributed by atoms with van der Waals surface area (Å²) in [5.41, 5.74) is 0.728. The molecule has 17 heavy (non-hydrogen) atoms. The van der Waals surface area contributed by atoms with Gasteiger partial charge in [-0.05, 0) is 25.0 Å². The number of hydrogen-bond acceptors (Lipinski definition) is 4. The van der Waals surface area contributed by atoms with Crippen LogP contribution in [-0.4, -0.2) is 26.3 Å². The van der Waals surface area contributed by atoms with Crippen LogP contribution >= 0.6 is 0 Å². The quantitative estimate of drug-likeness (QED) is 0.771. The lowest BCUT2D eigenvalue weighted by molar-refractivity contribution is 0.220. The molecule has 1 aromatic heterocycles. The van der Waals surface area contributed by atoms with Crippen molar-refractivity contribution in [2.45, 2.75) is 31.1 Å². The number of nitrogens with zero attached hydrogens (tertiary/aromatic N) is 1. The van der Waals surface area contributed by atoms with Crippen LogP contribution in [-0.2, 0) is 19.7 Å². The topological polar surface area (TPSA) is 56.3 Å². The standard InChI is InChI=1S/C12H17NO3S/c1-17(14,15)16-10-12(7-3-4-8-12)11-6-2-5-9-13-11/h2,5-6,9H,3-4,7-8,10H2,1H3. The Morgan fingerprint density at radius 3 is 2.59 bits per heavy atom. The fraction of sp³-hybridized carbons (Fsp3) is 0.583. The minimum atomic E-state index is -3.39. The summed E-state index contributed by atoms with van der Waals surface area (Å²) in [4.78, 5) is 4.36. The first-order valence-corrected chi connectivity index (χ1v) is 7.59. The van der Waals surface area contributed by atoms with Crippen molar-refractivity contribution in [3.8, 4) is 0 Å². The zero-order chi connectivity index (χ0) is 12.4. The first kappa shape index (κ1) is 12.5. The van der Waals surface area contributed by atoms with Gasteiger partial charge < -0.3 is 0 Å². The van der Waals surface area contributed by atoms with Crippen molar-refractivity contribution < 1.29 is 12.6 Å². The number of pyridine rings is 1. The highest BCUT2D eigenvalue weighted by molar-refractivity contribution is 7.85. The molecule has 1 saturated carbocycles. The number of hydrogen-bond donors (Lipinski definition) is 0. The molecule has 0 aliphatic heterocycles. The van der Waals surface area contributed by atoms with Gasteiger partial charge in [0.2, 0.25) is 0 Å². The van der Waals surface area contributed by atoms with Gasteiger partial charge in [0.1, 0.15) is 0 Å². The van der Waals surface area contributed by atoms with Gasteiger partial charge in [-0.15, -0.1) is 0 Å². The van der Waals surface area contributed by atoms with Crippen LogP contribution in [0.3, 0.4) is 0 Å². The molecular formula is C12H17NO3S. The lowest BCUT2D eigenvalue weighted by Gasteiger charge is -2.27. The summed E-state index contributed by atoms with van der Waals surface area (Å²) in [7, 11) is -3.39. The lowest BCUT2D eigenvalue weighted by atomic mass is 9.83. The van der Waals surface area contributed by atoms with Gasteiger partial charge >= 0.3 is 0 Å². The smallest absolute Gasteiger partial charge is 0.264 e. The van der Waals surface area contributed by atoms with Crippen LogP contribution in [0.5, 0.6) is 0 Å². The third kappa shape index (κ3) is 3.04. The Labute approximate surface area is 102 Å². The maximum Gasteiger partial charge on any atom is 0.264 e. The molecular weight excluding hydrogens is 238 g/mol. The van der Waals surface area contributed by atoms with Gasteiger partial charge in [0.25, 0.3) is 10.1 Å². The van der Waals surface area contributed by atoms with Crippen molar-refractivity contribution in [1.82, 2.24) is 4.98 Å². The van der Waals surface area contributed by atoms with Crippen molar-refractivity contribution in [2.75, 3.05) is 12.9 Å². The fourth-order valence-corrected chi connectivity index (χ4v) is 2.86. The molecule has 0 aromatic carbocycles. The maximum absolute atomic E-state index is 11.1. The van der Waals surface area contributed by atoms with E-state index in [2.05, 4.69) is 4.98 Å². The van der Waals surface area contributed by atoms with Gasteiger partial charge in [0, 0.05) is 17.3 Å². The maximum atomic E-state index is 11.1. The van der Waals surface area contributed by atoms with Crippen molar-refractivity contribution in [3.63, 3.8) is 0 Å². The van der Waals surface area contributed by atoms with Gasteiger partial charge in [0.05, 0.1) is 12.9 Å². The average Bonchev–Trinajstić information content (AvgIpc) is 2.77. The van der Waals surface area contributed by atoms with Crippen molar-refractivity contribution >= 4 is 10.1 Å². The molecule has 1 fully saturated rings. The molecule has 0 spiro atoms. The predicted molar refractivity (Wildman–Crippen MR) is 65.2 cm³/mol. The summed E-state index contributed by atoms with van der Waals surface area (Å²) in [5.74, 6) is 0. The lowest BCUT2D eigenvalue weighted by Crippen LogP contribution is -2.30. The highest BCUT2D eigenvalue weighted by atomic mass is 32.2. The van der Waals surface area contributed by atoms with Crippen LogP contribution in [0.4, 0.5) is 0 Å². The minimum Gasteiger partial charge on any atom is -0.269 e. The molecule has 1 aliphatic rings. The van der Waals surface area contributed by atoms with E-state index in [-0.39, 0.29) is 12.0 Å². The van der Waals surface area contributed by atoms with E-state index in [1.165, 1.54) is 0 Å². The van der Waals surface area contributed by atoms with E-state index in [0.717, 1.165) is 37.6 Å². The van der Waals surface area contributed by atoms with E-state index >= 15 is 0 Å². The Hall–Kier alpha value is -0.940. The van der Waals surface area contributed by atoms with Gasteiger partial charge in [-0.3, -0.25) is 9.17 Å². The summed E-state index contributed by atoms with van der Waals surface area (Å²) < 4.78 is 27.2. The molecule has 0 amide bonds. The molecule has 4 nitrogen and oxygen atoms in total. The summed E-state index contributed by atoms with van der Waals surface area (Å²) in [5, 5.41) is 0. The molecule has 2 rings (SSSR count). The molecule has 0 radical (unpaired) electrons. The third-order valence-corrected chi connectivity index (χ3v) is 3.86. The Kier molecular flexibility index (Phi) is 3.49. The summed E-state index contributed by atoms with van der Waals surface area (Å²) in [6, 6.07) is 5.75. The summed E-state index contributed by atoms with van der Waals surface area (Å²) >= 11 is 0. The highest BCUT2D eigenvalue weighted by Crippen LogP contribution is 2.40. The second-order valence-electron chi connectivity index (χ2n) is 4.67. The van der Waals surface area contributed by atoms with Crippen molar-refractivity contribution in [3.05, 3.63) is 30.1 Å². The monoisotopic (exact) mass is 255 g/mol. The Morgan fingerprint density at radius 1 is 1.35 bits per heavy atom. The molecule has 94 valence electrons. The average molecular weight is 255 g/mol. The van der Waals surface area contributed by atoms with Crippen LogP contribution in [0.25, 0.3) is 0 Å². The van der Waals surface area contributed by atoms with Crippen LogP contribution < -0.4 is 0 Å².